The van der Waals surface area contributed by atoms with Gasteiger partial charge in [-0.2, -0.15) is 5.26 Å². The molecule has 0 saturated carbocycles. The van der Waals surface area contributed by atoms with Gasteiger partial charge in [-0.1, -0.05) is 20.8 Å². The number of rotatable bonds is 12. The molecule has 0 radical (unpaired) electrons. The van der Waals surface area contributed by atoms with Crippen LogP contribution in [0.3, 0.4) is 0 Å². The Morgan fingerprint density at radius 2 is 2.00 bits per heavy atom. The van der Waals surface area contributed by atoms with Gasteiger partial charge in [-0.15, -0.1) is 0 Å². The topological polar surface area (TPSA) is 48.3 Å². The Morgan fingerprint density at radius 3 is 2.45 bits per heavy atom. The van der Waals surface area contributed by atoms with E-state index in [1.165, 1.54) is 0 Å². The molecular formula is C16H33N3O. The van der Waals surface area contributed by atoms with E-state index in [2.05, 4.69) is 44.0 Å². The van der Waals surface area contributed by atoms with Crippen LogP contribution in [0.2, 0.25) is 0 Å². The summed E-state index contributed by atoms with van der Waals surface area (Å²) in [6.45, 7) is 12.3. The molecule has 0 rings (SSSR count). The van der Waals surface area contributed by atoms with Gasteiger partial charge in [0.1, 0.15) is 5.54 Å². The largest absolute Gasteiger partial charge is 0.383 e. The van der Waals surface area contributed by atoms with Crippen LogP contribution in [0, 0.1) is 11.3 Å². The molecule has 0 amide bonds. The van der Waals surface area contributed by atoms with Gasteiger partial charge in [-0.05, 0) is 45.7 Å². The van der Waals surface area contributed by atoms with E-state index in [0.717, 1.165) is 51.9 Å². The third-order valence-electron chi connectivity index (χ3n) is 4.18. The Hall–Kier alpha value is -0.630. The van der Waals surface area contributed by atoms with Crippen molar-refractivity contribution in [3.8, 4) is 6.07 Å². The lowest BCUT2D eigenvalue weighted by atomic mass is 9.91. The van der Waals surface area contributed by atoms with Crippen molar-refractivity contribution in [2.24, 2.45) is 0 Å². The molecule has 20 heavy (non-hydrogen) atoms. The SMILES string of the molecule is CCNC(C#N)(CC)CCCN(CCOC)C(C)CC. The van der Waals surface area contributed by atoms with Crippen molar-refractivity contribution < 1.29 is 4.74 Å². The van der Waals surface area contributed by atoms with Gasteiger partial charge in [-0.3, -0.25) is 10.2 Å². The van der Waals surface area contributed by atoms with Crippen molar-refractivity contribution in [3.63, 3.8) is 0 Å². The molecule has 118 valence electrons. The van der Waals surface area contributed by atoms with E-state index >= 15 is 0 Å². The predicted octanol–water partition coefficient (Wildman–Crippen LogP) is 2.80. The molecule has 4 heteroatoms. The fraction of sp³-hybridized carbons (Fsp3) is 0.938. The van der Waals surface area contributed by atoms with E-state index in [0.29, 0.717) is 6.04 Å². The van der Waals surface area contributed by atoms with Crippen LogP contribution in [0.25, 0.3) is 0 Å². The Balaban J connectivity index is 4.36. The van der Waals surface area contributed by atoms with Crippen LogP contribution in [0.15, 0.2) is 0 Å². The number of methoxy groups -OCH3 is 1. The van der Waals surface area contributed by atoms with Gasteiger partial charge in [0.15, 0.2) is 0 Å². The van der Waals surface area contributed by atoms with Crippen molar-refractivity contribution in [2.45, 2.75) is 65.0 Å². The quantitative estimate of drug-likeness (QED) is 0.598. The van der Waals surface area contributed by atoms with E-state index < -0.39 is 0 Å². The first-order valence-corrected chi connectivity index (χ1v) is 7.98. The fourth-order valence-electron chi connectivity index (χ4n) is 2.51. The monoisotopic (exact) mass is 283 g/mol. The normalized spacial score (nSPS) is 15.8. The summed E-state index contributed by atoms with van der Waals surface area (Å²) in [6, 6.07) is 3.04. The molecule has 0 heterocycles. The summed E-state index contributed by atoms with van der Waals surface area (Å²) in [4.78, 5) is 2.47. The highest BCUT2D eigenvalue weighted by atomic mass is 16.5. The Bertz CT molecular complexity index is 277. The van der Waals surface area contributed by atoms with E-state index in [4.69, 9.17) is 4.74 Å². The van der Waals surface area contributed by atoms with E-state index in [-0.39, 0.29) is 5.54 Å². The summed E-state index contributed by atoms with van der Waals surface area (Å²) >= 11 is 0. The van der Waals surface area contributed by atoms with Gasteiger partial charge in [0.2, 0.25) is 0 Å². The van der Waals surface area contributed by atoms with Gasteiger partial charge < -0.3 is 4.74 Å². The molecule has 0 aromatic rings. The maximum absolute atomic E-state index is 9.42. The Labute approximate surface area is 125 Å². The third kappa shape index (κ3) is 6.69. The zero-order valence-corrected chi connectivity index (χ0v) is 14.0. The molecule has 0 fully saturated rings. The number of nitrogens with one attached hydrogen (secondary N) is 1. The van der Waals surface area contributed by atoms with Crippen LogP contribution in [0.1, 0.15) is 53.4 Å². The molecule has 2 atom stereocenters. The average Bonchev–Trinajstić information content (AvgIpc) is 2.48. The summed E-state index contributed by atoms with van der Waals surface area (Å²) in [5, 5.41) is 12.8. The zero-order chi connectivity index (χ0) is 15.4. The predicted molar refractivity (Wildman–Crippen MR) is 84.7 cm³/mol. The van der Waals surface area contributed by atoms with Gasteiger partial charge in [0.25, 0.3) is 0 Å². The van der Waals surface area contributed by atoms with E-state index in [1.807, 2.05) is 0 Å². The Kier molecular flexibility index (Phi) is 10.7. The number of ether oxygens (including phenoxy) is 1. The van der Waals surface area contributed by atoms with Crippen LogP contribution in [0.4, 0.5) is 0 Å². The molecule has 0 aliphatic heterocycles. The van der Waals surface area contributed by atoms with Crippen LogP contribution in [0.5, 0.6) is 0 Å². The zero-order valence-electron chi connectivity index (χ0n) is 14.0. The molecule has 0 spiro atoms. The summed E-state index contributed by atoms with van der Waals surface area (Å²) < 4.78 is 5.19. The van der Waals surface area contributed by atoms with Crippen molar-refractivity contribution in [1.82, 2.24) is 10.2 Å². The lowest BCUT2D eigenvalue weighted by Crippen LogP contribution is -2.44. The summed E-state index contributed by atoms with van der Waals surface area (Å²) in [5.41, 5.74) is -0.350. The van der Waals surface area contributed by atoms with Gasteiger partial charge in [0, 0.05) is 19.7 Å². The molecule has 0 bridgehead atoms. The maximum atomic E-state index is 9.42. The second kappa shape index (κ2) is 11.1. The first kappa shape index (κ1) is 19.4. The standard InChI is InChI=1S/C16H33N3O/c1-6-15(4)19(12-13-20-5)11-9-10-16(7-2,14-17)18-8-3/h15,18H,6-13H2,1-5H3. The van der Waals surface area contributed by atoms with Crippen LogP contribution in [-0.4, -0.2) is 49.8 Å². The third-order valence-corrected chi connectivity index (χ3v) is 4.18. The minimum atomic E-state index is -0.350. The molecule has 0 aromatic carbocycles. The number of hydrogen-bond donors (Lipinski definition) is 1. The summed E-state index contributed by atoms with van der Waals surface area (Å²) in [6.07, 6.45) is 3.96. The molecule has 4 nitrogen and oxygen atoms in total. The molecule has 1 N–H and O–H groups in total. The smallest absolute Gasteiger partial charge is 0.106 e. The second-order valence-corrected chi connectivity index (χ2v) is 5.47. The first-order valence-electron chi connectivity index (χ1n) is 7.98. The van der Waals surface area contributed by atoms with Gasteiger partial charge in [0.05, 0.1) is 12.7 Å². The van der Waals surface area contributed by atoms with E-state index in [9.17, 15) is 5.26 Å². The molecular weight excluding hydrogens is 250 g/mol. The first-order chi connectivity index (χ1) is 9.59. The van der Waals surface area contributed by atoms with E-state index in [1.54, 1.807) is 7.11 Å². The molecule has 0 aliphatic carbocycles. The fourth-order valence-corrected chi connectivity index (χ4v) is 2.51. The Morgan fingerprint density at radius 1 is 1.30 bits per heavy atom. The van der Waals surface area contributed by atoms with Crippen LogP contribution >= 0.6 is 0 Å². The van der Waals surface area contributed by atoms with Crippen molar-refractivity contribution in [2.75, 3.05) is 33.4 Å². The molecule has 0 aliphatic rings. The molecule has 0 saturated heterocycles. The van der Waals surface area contributed by atoms with Crippen molar-refractivity contribution >= 4 is 0 Å². The number of nitriles is 1. The van der Waals surface area contributed by atoms with Gasteiger partial charge >= 0.3 is 0 Å². The lowest BCUT2D eigenvalue weighted by Gasteiger charge is -2.31. The van der Waals surface area contributed by atoms with Crippen molar-refractivity contribution in [1.29, 1.82) is 5.26 Å². The number of nitrogens with zero attached hydrogens (tertiary/aromatic N) is 2. The maximum Gasteiger partial charge on any atom is 0.106 e. The minimum absolute atomic E-state index is 0.350. The number of hydrogen-bond acceptors (Lipinski definition) is 4. The van der Waals surface area contributed by atoms with Crippen LogP contribution < -0.4 is 5.32 Å². The summed E-state index contributed by atoms with van der Waals surface area (Å²) in [5.74, 6) is 0. The lowest BCUT2D eigenvalue weighted by molar-refractivity contribution is 0.119. The molecule has 0 aromatic heterocycles. The summed E-state index contributed by atoms with van der Waals surface area (Å²) in [7, 11) is 1.75. The van der Waals surface area contributed by atoms with Crippen molar-refractivity contribution in [3.05, 3.63) is 0 Å². The van der Waals surface area contributed by atoms with Crippen LogP contribution in [-0.2, 0) is 4.74 Å². The minimum Gasteiger partial charge on any atom is -0.383 e. The highest BCUT2D eigenvalue weighted by Crippen LogP contribution is 2.17. The van der Waals surface area contributed by atoms with Gasteiger partial charge in [-0.25, -0.2) is 0 Å². The highest BCUT2D eigenvalue weighted by molar-refractivity contribution is 5.06. The molecule has 2 unspecified atom stereocenters. The second-order valence-electron chi connectivity index (χ2n) is 5.47. The average molecular weight is 283 g/mol. The highest BCUT2D eigenvalue weighted by Gasteiger charge is 2.26.